The second-order valence-electron chi connectivity index (χ2n) is 6.18. The van der Waals surface area contributed by atoms with Gasteiger partial charge < -0.3 is 11.1 Å². The van der Waals surface area contributed by atoms with Crippen LogP contribution in [0.4, 0.5) is 10.1 Å². The Morgan fingerprint density at radius 2 is 2.33 bits per heavy atom. The van der Waals surface area contributed by atoms with Gasteiger partial charge in [0.05, 0.1) is 18.1 Å². The van der Waals surface area contributed by atoms with Crippen molar-refractivity contribution in [3.63, 3.8) is 0 Å². The SMILES string of the molecule is CC1(c2cc(NC(=O)C3CC(=O)CN3)ccc2F)CCSC(N)=N1. The summed E-state index contributed by atoms with van der Waals surface area (Å²) < 4.78 is 14.3. The summed E-state index contributed by atoms with van der Waals surface area (Å²) in [6.07, 6.45) is 0.834. The average Bonchev–Trinajstić information content (AvgIpc) is 2.95. The molecular formula is C16H19FN4O2S. The molecule has 2 unspecified atom stereocenters. The molecule has 4 N–H and O–H groups in total. The Bertz CT molecular complexity index is 724. The van der Waals surface area contributed by atoms with Gasteiger partial charge in [0.25, 0.3) is 0 Å². The van der Waals surface area contributed by atoms with E-state index in [1.54, 1.807) is 6.07 Å². The molecule has 1 amide bonds. The van der Waals surface area contributed by atoms with E-state index >= 15 is 0 Å². The molecule has 2 atom stereocenters. The summed E-state index contributed by atoms with van der Waals surface area (Å²) in [5, 5.41) is 6.02. The molecule has 0 aromatic heterocycles. The summed E-state index contributed by atoms with van der Waals surface area (Å²) in [4.78, 5) is 27.9. The number of amides is 1. The van der Waals surface area contributed by atoms with E-state index < -0.39 is 11.6 Å². The number of amidine groups is 1. The summed E-state index contributed by atoms with van der Waals surface area (Å²) in [5.41, 5.74) is 5.92. The van der Waals surface area contributed by atoms with Crippen LogP contribution in [0.3, 0.4) is 0 Å². The van der Waals surface area contributed by atoms with Crippen molar-refractivity contribution in [2.75, 3.05) is 17.6 Å². The van der Waals surface area contributed by atoms with Crippen molar-refractivity contribution in [3.05, 3.63) is 29.6 Å². The van der Waals surface area contributed by atoms with Crippen LogP contribution in [0.15, 0.2) is 23.2 Å². The highest BCUT2D eigenvalue weighted by Gasteiger charge is 2.33. The number of hydrogen-bond acceptors (Lipinski definition) is 6. The van der Waals surface area contributed by atoms with Gasteiger partial charge in [-0.25, -0.2) is 4.39 Å². The van der Waals surface area contributed by atoms with E-state index in [0.717, 1.165) is 5.75 Å². The Kier molecular flexibility index (Phi) is 4.60. The van der Waals surface area contributed by atoms with Gasteiger partial charge in [0.15, 0.2) is 5.17 Å². The predicted molar refractivity (Wildman–Crippen MR) is 92.5 cm³/mol. The second kappa shape index (κ2) is 6.52. The second-order valence-corrected chi connectivity index (χ2v) is 7.30. The van der Waals surface area contributed by atoms with E-state index in [4.69, 9.17) is 5.73 Å². The molecule has 6 nitrogen and oxygen atoms in total. The number of nitrogens with zero attached hydrogens (tertiary/aromatic N) is 1. The van der Waals surface area contributed by atoms with E-state index in [1.165, 1.54) is 23.9 Å². The number of nitrogens with two attached hydrogens (primary N) is 1. The molecule has 128 valence electrons. The van der Waals surface area contributed by atoms with Crippen LogP contribution in [0.1, 0.15) is 25.3 Å². The number of thioether (sulfide) groups is 1. The van der Waals surface area contributed by atoms with Crippen LogP contribution in [0.5, 0.6) is 0 Å². The van der Waals surface area contributed by atoms with Gasteiger partial charge in [-0.2, -0.15) is 0 Å². The first-order valence-corrected chi connectivity index (χ1v) is 8.70. The Labute approximate surface area is 143 Å². The maximum Gasteiger partial charge on any atom is 0.241 e. The van der Waals surface area contributed by atoms with Gasteiger partial charge in [0, 0.05) is 23.4 Å². The van der Waals surface area contributed by atoms with E-state index in [0.29, 0.717) is 22.8 Å². The summed E-state index contributed by atoms with van der Waals surface area (Å²) in [6, 6.07) is 3.87. The fourth-order valence-corrected chi connectivity index (χ4v) is 3.89. The highest BCUT2D eigenvalue weighted by molar-refractivity contribution is 8.13. The van der Waals surface area contributed by atoms with Gasteiger partial charge in [0.2, 0.25) is 5.91 Å². The zero-order valence-electron chi connectivity index (χ0n) is 13.3. The Morgan fingerprint density at radius 1 is 1.54 bits per heavy atom. The molecule has 0 bridgehead atoms. The van der Waals surface area contributed by atoms with Gasteiger partial charge in [-0.3, -0.25) is 19.9 Å². The number of rotatable bonds is 3. The zero-order chi connectivity index (χ0) is 17.3. The lowest BCUT2D eigenvalue weighted by atomic mass is 9.89. The number of carbonyl (C=O) groups excluding carboxylic acids is 2. The summed E-state index contributed by atoms with van der Waals surface area (Å²) in [5.74, 6) is 0.0848. The molecule has 2 heterocycles. The molecule has 8 heteroatoms. The molecule has 2 aliphatic rings. The Balaban J connectivity index is 1.83. The van der Waals surface area contributed by atoms with Gasteiger partial charge in [-0.1, -0.05) is 11.8 Å². The highest BCUT2D eigenvalue weighted by Crippen LogP contribution is 2.37. The number of nitrogens with one attached hydrogen (secondary N) is 2. The van der Waals surface area contributed by atoms with Crippen molar-refractivity contribution in [1.29, 1.82) is 0 Å². The van der Waals surface area contributed by atoms with Crippen molar-refractivity contribution in [1.82, 2.24) is 5.32 Å². The lowest BCUT2D eigenvalue weighted by Gasteiger charge is -2.30. The van der Waals surface area contributed by atoms with Gasteiger partial charge >= 0.3 is 0 Å². The van der Waals surface area contributed by atoms with Gasteiger partial charge in [0.1, 0.15) is 11.6 Å². The molecule has 1 aromatic carbocycles. The van der Waals surface area contributed by atoms with E-state index in [1.807, 2.05) is 6.92 Å². The lowest BCUT2D eigenvalue weighted by Crippen LogP contribution is -2.35. The quantitative estimate of drug-likeness (QED) is 0.765. The Morgan fingerprint density at radius 3 is 3.00 bits per heavy atom. The molecule has 3 rings (SSSR count). The Hall–Kier alpha value is -1.93. The number of Topliss-reactive ketones (excluding diaryl/α,β-unsaturated/α-hetero) is 1. The molecule has 0 aliphatic carbocycles. The number of anilines is 1. The normalized spacial score (nSPS) is 27.0. The molecule has 0 saturated carbocycles. The fraction of sp³-hybridized carbons (Fsp3) is 0.438. The van der Waals surface area contributed by atoms with Crippen LogP contribution in [0, 0.1) is 5.82 Å². The first kappa shape index (κ1) is 16.9. The minimum atomic E-state index is -0.748. The third kappa shape index (κ3) is 3.44. The molecule has 1 aromatic rings. The number of aliphatic imine (C=N–C) groups is 1. The number of ketones is 1. The molecule has 0 spiro atoms. The molecule has 2 aliphatic heterocycles. The van der Waals surface area contributed by atoms with Crippen molar-refractivity contribution in [2.45, 2.75) is 31.3 Å². The van der Waals surface area contributed by atoms with Crippen LogP contribution in [-0.4, -0.2) is 35.2 Å². The van der Waals surface area contributed by atoms with Crippen molar-refractivity contribution in [2.24, 2.45) is 10.7 Å². The summed E-state index contributed by atoms with van der Waals surface area (Å²) in [7, 11) is 0. The standard InChI is InChI=1S/C16H19FN4O2S/c1-16(4-5-24-15(18)21-16)11-6-9(2-3-12(11)17)20-14(23)13-7-10(22)8-19-13/h2-3,6,13,19H,4-5,7-8H2,1H3,(H2,18,21)(H,20,23). The highest BCUT2D eigenvalue weighted by atomic mass is 32.2. The molecule has 1 fully saturated rings. The van der Waals surface area contributed by atoms with Crippen LogP contribution in [0.25, 0.3) is 0 Å². The van der Waals surface area contributed by atoms with E-state index in [2.05, 4.69) is 15.6 Å². The third-order valence-corrected chi connectivity index (χ3v) is 5.10. The monoisotopic (exact) mass is 350 g/mol. The molecule has 1 saturated heterocycles. The van der Waals surface area contributed by atoms with Crippen LogP contribution < -0.4 is 16.4 Å². The maximum absolute atomic E-state index is 14.3. The number of halogens is 1. The fourth-order valence-electron chi connectivity index (χ4n) is 2.92. The topological polar surface area (TPSA) is 96.6 Å². The average molecular weight is 350 g/mol. The van der Waals surface area contributed by atoms with Crippen LogP contribution in [-0.2, 0) is 15.1 Å². The number of benzene rings is 1. The molecule has 24 heavy (non-hydrogen) atoms. The first-order valence-electron chi connectivity index (χ1n) is 7.71. The van der Waals surface area contributed by atoms with Gasteiger partial charge in [-0.05, 0) is 31.5 Å². The molecular weight excluding hydrogens is 331 g/mol. The zero-order valence-corrected chi connectivity index (χ0v) is 14.1. The van der Waals surface area contributed by atoms with Crippen molar-refractivity contribution < 1.29 is 14.0 Å². The van der Waals surface area contributed by atoms with E-state index in [9.17, 15) is 14.0 Å². The first-order chi connectivity index (χ1) is 11.4. The summed E-state index contributed by atoms with van der Waals surface area (Å²) >= 11 is 1.45. The van der Waals surface area contributed by atoms with Crippen LogP contribution >= 0.6 is 11.8 Å². The smallest absolute Gasteiger partial charge is 0.241 e. The third-order valence-electron chi connectivity index (χ3n) is 4.30. The van der Waals surface area contributed by atoms with Crippen LogP contribution in [0.2, 0.25) is 0 Å². The minimum absolute atomic E-state index is 0.00646. The van der Waals surface area contributed by atoms with Crippen molar-refractivity contribution >= 4 is 34.3 Å². The predicted octanol–water partition coefficient (Wildman–Crippen LogP) is 1.36. The minimum Gasteiger partial charge on any atom is -0.379 e. The van der Waals surface area contributed by atoms with E-state index in [-0.39, 0.29) is 30.5 Å². The van der Waals surface area contributed by atoms with Crippen molar-refractivity contribution in [3.8, 4) is 0 Å². The molecule has 0 radical (unpaired) electrons. The summed E-state index contributed by atoms with van der Waals surface area (Å²) in [6.45, 7) is 2.04. The number of hydrogen-bond donors (Lipinski definition) is 3. The largest absolute Gasteiger partial charge is 0.379 e. The maximum atomic E-state index is 14.3. The van der Waals surface area contributed by atoms with Gasteiger partial charge in [-0.15, -0.1) is 0 Å². The lowest BCUT2D eigenvalue weighted by molar-refractivity contribution is -0.120. The number of carbonyl (C=O) groups is 2.